The van der Waals surface area contributed by atoms with Crippen LogP contribution >= 0.6 is 23.2 Å². The highest BCUT2D eigenvalue weighted by Gasteiger charge is 2.40. The summed E-state index contributed by atoms with van der Waals surface area (Å²) in [4.78, 5) is 0. The fourth-order valence-corrected chi connectivity index (χ4v) is 6.01. The minimum Gasteiger partial charge on any atom is -0.371 e. The van der Waals surface area contributed by atoms with E-state index in [9.17, 15) is 0 Å². The van der Waals surface area contributed by atoms with Crippen LogP contribution in [0.1, 0.15) is 16.7 Å². The summed E-state index contributed by atoms with van der Waals surface area (Å²) in [5, 5.41) is 10.8. The van der Waals surface area contributed by atoms with Crippen LogP contribution in [0.4, 0.5) is 5.82 Å². The van der Waals surface area contributed by atoms with Gasteiger partial charge in [0.2, 0.25) is 0 Å². The van der Waals surface area contributed by atoms with Crippen molar-refractivity contribution >= 4 is 39.9 Å². The first-order valence-electron chi connectivity index (χ1n) is 12.5. The Morgan fingerprint density at radius 3 is 1.61 bits per heavy atom. The molecule has 0 bridgehead atoms. The quantitative estimate of drug-likeness (QED) is 0.216. The first kappa shape index (κ1) is 24.3. The highest BCUT2D eigenvalue weighted by atomic mass is 35.5. The predicted octanol–water partition coefficient (Wildman–Crippen LogP) is 8.89. The standard InChI is InChI=1S/C33H25Cl2N3/c1-36-32-27-22-23(31-28(34)18-11-19-29(31)35)20-21-30(27)38(37-32)33(24-12-5-2-6-13-24,25-14-7-3-8-15-25)26-16-9-4-10-17-26/h2-22H,1H3,(H,36,37). The second-order valence-electron chi connectivity index (χ2n) is 9.15. The van der Waals surface area contributed by atoms with Gasteiger partial charge in [-0.1, -0.05) is 126 Å². The van der Waals surface area contributed by atoms with Crippen molar-refractivity contribution in [2.45, 2.75) is 5.54 Å². The summed E-state index contributed by atoms with van der Waals surface area (Å²) in [6.45, 7) is 0. The van der Waals surface area contributed by atoms with Gasteiger partial charge in [0.05, 0.1) is 5.52 Å². The topological polar surface area (TPSA) is 29.9 Å². The molecule has 5 heteroatoms. The summed E-state index contributed by atoms with van der Waals surface area (Å²) in [7, 11) is 1.90. The minimum atomic E-state index is -0.722. The third-order valence-electron chi connectivity index (χ3n) is 7.06. The maximum atomic E-state index is 6.59. The van der Waals surface area contributed by atoms with Crippen LogP contribution in [0.2, 0.25) is 10.0 Å². The summed E-state index contributed by atoms with van der Waals surface area (Å²) in [5.41, 5.74) is 5.36. The number of anilines is 1. The number of hydrogen-bond donors (Lipinski definition) is 1. The summed E-state index contributed by atoms with van der Waals surface area (Å²) >= 11 is 13.2. The average Bonchev–Trinajstić information content (AvgIpc) is 3.33. The summed E-state index contributed by atoms with van der Waals surface area (Å²) < 4.78 is 2.14. The molecule has 0 atom stereocenters. The van der Waals surface area contributed by atoms with Crippen molar-refractivity contribution in [3.8, 4) is 11.1 Å². The van der Waals surface area contributed by atoms with Crippen LogP contribution in [-0.4, -0.2) is 16.8 Å². The van der Waals surface area contributed by atoms with E-state index in [1.165, 1.54) is 0 Å². The Bertz CT molecular complexity index is 1600. The van der Waals surface area contributed by atoms with E-state index in [0.717, 1.165) is 44.5 Å². The van der Waals surface area contributed by atoms with Gasteiger partial charge in [0.1, 0.15) is 5.54 Å². The minimum absolute atomic E-state index is 0.613. The van der Waals surface area contributed by atoms with E-state index < -0.39 is 5.54 Å². The van der Waals surface area contributed by atoms with Crippen LogP contribution in [0, 0.1) is 0 Å². The number of aromatic nitrogens is 2. The molecule has 0 aliphatic carbocycles. The van der Waals surface area contributed by atoms with Crippen molar-refractivity contribution in [1.82, 2.24) is 9.78 Å². The van der Waals surface area contributed by atoms with Gasteiger partial charge in [-0.3, -0.25) is 0 Å². The van der Waals surface area contributed by atoms with E-state index in [1.54, 1.807) is 0 Å². The fourth-order valence-electron chi connectivity index (χ4n) is 5.39. The summed E-state index contributed by atoms with van der Waals surface area (Å²) in [6.07, 6.45) is 0. The van der Waals surface area contributed by atoms with E-state index in [0.29, 0.717) is 10.0 Å². The number of halogens is 2. The molecule has 5 aromatic carbocycles. The number of nitrogens with zero attached hydrogens (tertiary/aromatic N) is 2. The van der Waals surface area contributed by atoms with Gasteiger partial charge in [-0.2, -0.15) is 5.10 Å². The normalized spacial score (nSPS) is 11.6. The van der Waals surface area contributed by atoms with E-state index in [2.05, 4.69) is 101 Å². The molecule has 0 amide bonds. The van der Waals surface area contributed by atoms with Crippen molar-refractivity contribution in [2.75, 3.05) is 12.4 Å². The fraction of sp³-hybridized carbons (Fsp3) is 0.0606. The zero-order valence-electron chi connectivity index (χ0n) is 20.8. The van der Waals surface area contributed by atoms with E-state index in [4.69, 9.17) is 28.3 Å². The van der Waals surface area contributed by atoms with Crippen molar-refractivity contribution < 1.29 is 0 Å². The first-order chi connectivity index (χ1) is 18.6. The molecule has 0 saturated carbocycles. The van der Waals surface area contributed by atoms with E-state index in [-0.39, 0.29) is 0 Å². The molecule has 1 aromatic heterocycles. The number of fused-ring (bicyclic) bond motifs is 1. The SMILES string of the molecule is CNc1nn(C(c2ccccc2)(c2ccccc2)c2ccccc2)c2ccc(-c3c(Cl)cccc3Cl)cc12. The van der Waals surface area contributed by atoms with E-state index >= 15 is 0 Å². The molecule has 0 saturated heterocycles. The third-order valence-corrected chi connectivity index (χ3v) is 7.69. The number of rotatable bonds is 6. The molecule has 1 N–H and O–H groups in total. The Labute approximate surface area is 232 Å². The van der Waals surface area contributed by atoms with Gasteiger partial charge in [-0.05, 0) is 46.5 Å². The van der Waals surface area contributed by atoms with Crippen molar-refractivity contribution in [1.29, 1.82) is 0 Å². The van der Waals surface area contributed by atoms with Gasteiger partial charge in [0, 0.05) is 28.0 Å². The van der Waals surface area contributed by atoms with Gasteiger partial charge < -0.3 is 5.32 Å². The Morgan fingerprint density at radius 2 is 1.13 bits per heavy atom. The highest BCUT2D eigenvalue weighted by Crippen LogP contribution is 2.44. The van der Waals surface area contributed by atoms with Crippen LogP contribution < -0.4 is 5.32 Å². The molecule has 0 aliphatic rings. The van der Waals surface area contributed by atoms with Crippen molar-refractivity contribution in [3.63, 3.8) is 0 Å². The van der Waals surface area contributed by atoms with Crippen LogP contribution in [0.5, 0.6) is 0 Å². The molecule has 38 heavy (non-hydrogen) atoms. The lowest BCUT2D eigenvalue weighted by atomic mass is 9.77. The molecule has 0 radical (unpaired) electrons. The molecule has 0 fully saturated rings. The van der Waals surface area contributed by atoms with Gasteiger partial charge in [0.15, 0.2) is 5.82 Å². The van der Waals surface area contributed by atoms with Crippen molar-refractivity contribution in [2.24, 2.45) is 0 Å². The Hall–Kier alpha value is -4.05. The number of hydrogen-bond acceptors (Lipinski definition) is 2. The number of nitrogens with one attached hydrogen (secondary N) is 1. The second kappa shape index (κ2) is 10.0. The lowest BCUT2D eigenvalue weighted by molar-refractivity contribution is 0.477. The number of benzene rings is 5. The molecule has 0 aliphatic heterocycles. The van der Waals surface area contributed by atoms with Crippen molar-refractivity contribution in [3.05, 3.63) is 154 Å². The average molecular weight is 534 g/mol. The molecule has 3 nitrogen and oxygen atoms in total. The maximum Gasteiger partial charge on any atom is 0.155 e. The second-order valence-corrected chi connectivity index (χ2v) is 9.96. The predicted molar refractivity (Wildman–Crippen MR) is 159 cm³/mol. The molecule has 6 aromatic rings. The molecule has 186 valence electrons. The van der Waals surface area contributed by atoms with Gasteiger partial charge in [-0.25, -0.2) is 4.68 Å². The van der Waals surface area contributed by atoms with Gasteiger partial charge in [-0.15, -0.1) is 0 Å². The molecule has 0 spiro atoms. The summed E-state index contributed by atoms with van der Waals surface area (Å²) in [5.74, 6) is 0.775. The monoisotopic (exact) mass is 533 g/mol. The zero-order valence-corrected chi connectivity index (χ0v) is 22.3. The lowest BCUT2D eigenvalue weighted by Crippen LogP contribution is -2.38. The highest BCUT2D eigenvalue weighted by molar-refractivity contribution is 6.39. The zero-order chi connectivity index (χ0) is 26.1. The molecular formula is C33H25Cl2N3. The summed E-state index contributed by atoms with van der Waals surface area (Å²) in [6, 6.07) is 43.5. The molecule has 6 rings (SSSR count). The van der Waals surface area contributed by atoms with Crippen LogP contribution in [0.3, 0.4) is 0 Å². The van der Waals surface area contributed by atoms with Gasteiger partial charge >= 0.3 is 0 Å². The maximum absolute atomic E-state index is 6.59. The van der Waals surface area contributed by atoms with E-state index in [1.807, 2.05) is 43.4 Å². The smallest absolute Gasteiger partial charge is 0.155 e. The third kappa shape index (κ3) is 3.87. The Morgan fingerprint density at radius 1 is 0.632 bits per heavy atom. The Balaban J connectivity index is 1.72. The molecular weight excluding hydrogens is 509 g/mol. The van der Waals surface area contributed by atoms with Gasteiger partial charge in [0.25, 0.3) is 0 Å². The largest absolute Gasteiger partial charge is 0.371 e. The van der Waals surface area contributed by atoms with Crippen LogP contribution in [-0.2, 0) is 5.54 Å². The molecule has 0 unspecified atom stereocenters. The Kier molecular flexibility index (Phi) is 6.40. The first-order valence-corrected chi connectivity index (χ1v) is 13.2. The van der Waals surface area contributed by atoms with Crippen LogP contribution in [0.15, 0.2) is 127 Å². The molecule has 1 heterocycles. The van der Waals surface area contributed by atoms with Crippen LogP contribution in [0.25, 0.3) is 22.0 Å². The lowest BCUT2D eigenvalue weighted by Gasteiger charge is -2.37.